The van der Waals surface area contributed by atoms with Crippen molar-refractivity contribution in [3.8, 4) is 5.75 Å². The molecule has 2 fully saturated rings. The molecule has 0 radical (unpaired) electrons. The molecule has 2 atom stereocenters. The molecule has 2 aliphatic heterocycles. The zero-order chi connectivity index (χ0) is 16.4. The van der Waals surface area contributed by atoms with Crippen molar-refractivity contribution < 1.29 is 22.7 Å². The molecule has 2 saturated heterocycles. The summed E-state index contributed by atoms with van der Waals surface area (Å²) in [5.74, 6) is 0.749. The van der Waals surface area contributed by atoms with E-state index < -0.39 is 9.84 Å². The normalized spacial score (nSPS) is 25.9. The number of ether oxygens (including phenoxy) is 2. The molecule has 1 aromatic rings. The Morgan fingerprint density at radius 3 is 2.74 bits per heavy atom. The van der Waals surface area contributed by atoms with E-state index in [1.165, 1.54) is 0 Å². The fraction of sp³-hybridized carbons (Fsp3) is 0.562. The van der Waals surface area contributed by atoms with Gasteiger partial charge in [0.2, 0.25) is 5.91 Å². The summed E-state index contributed by atoms with van der Waals surface area (Å²) in [6.07, 6.45) is -0.117. The molecule has 6 nitrogen and oxygen atoms in total. The van der Waals surface area contributed by atoms with Crippen LogP contribution in [0.3, 0.4) is 0 Å². The van der Waals surface area contributed by atoms with Gasteiger partial charge in [0, 0.05) is 6.54 Å². The van der Waals surface area contributed by atoms with Gasteiger partial charge >= 0.3 is 0 Å². The van der Waals surface area contributed by atoms with Crippen LogP contribution in [0.15, 0.2) is 24.3 Å². The van der Waals surface area contributed by atoms with E-state index in [4.69, 9.17) is 9.47 Å². The molecule has 3 rings (SSSR count). The van der Waals surface area contributed by atoms with E-state index in [0.29, 0.717) is 19.8 Å². The number of hydrogen-bond donors (Lipinski definition) is 0. The van der Waals surface area contributed by atoms with Crippen LogP contribution in [0.4, 0.5) is 0 Å². The van der Waals surface area contributed by atoms with Crippen LogP contribution in [0, 0.1) is 0 Å². The maximum absolute atomic E-state index is 12.6. The lowest BCUT2D eigenvalue weighted by Crippen LogP contribution is -2.53. The predicted octanol–water partition coefficient (Wildman–Crippen LogP) is 0.652. The van der Waals surface area contributed by atoms with Gasteiger partial charge in [-0.1, -0.05) is 12.1 Å². The van der Waals surface area contributed by atoms with Gasteiger partial charge in [-0.2, -0.15) is 0 Å². The van der Waals surface area contributed by atoms with Crippen LogP contribution in [0.1, 0.15) is 12.5 Å². The van der Waals surface area contributed by atoms with Crippen molar-refractivity contribution >= 4 is 15.7 Å². The molecule has 1 aromatic carbocycles. The smallest absolute Gasteiger partial charge is 0.227 e. The van der Waals surface area contributed by atoms with Crippen molar-refractivity contribution in [3.05, 3.63) is 29.8 Å². The first-order valence-electron chi connectivity index (χ1n) is 7.82. The maximum Gasteiger partial charge on any atom is 0.227 e. The second-order valence-corrected chi connectivity index (χ2v) is 8.05. The van der Waals surface area contributed by atoms with Crippen LogP contribution in [0.5, 0.6) is 5.75 Å². The molecule has 0 aliphatic carbocycles. The third-order valence-corrected chi connectivity index (χ3v) is 5.93. The van der Waals surface area contributed by atoms with Crippen LogP contribution in [-0.4, -0.2) is 62.6 Å². The molecule has 126 valence electrons. The number of fused-ring (bicyclic) bond motifs is 1. The number of morpholine rings is 1. The van der Waals surface area contributed by atoms with Crippen molar-refractivity contribution in [2.45, 2.75) is 25.5 Å². The summed E-state index contributed by atoms with van der Waals surface area (Å²) in [5.41, 5.74) is 0.891. The van der Waals surface area contributed by atoms with Crippen LogP contribution in [-0.2, 0) is 25.8 Å². The van der Waals surface area contributed by atoms with Gasteiger partial charge in [-0.3, -0.25) is 4.79 Å². The Labute approximate surface area is 136 Å². The number of amides is 1. The van der Waals surface area contributed by atoms with Crippen molar-refractivity contribution in [2.24, 2.45) is 0 Å². The zero-order valence-electron chi connectivity index (χ0n) is 13.1. The predicted molar refractivity (Wildman–Crippen MR) is 85.2 cm³/mol. The van der Waals surface area contributed by atoms with Crippen molar-refractivity contribution in [1.82, 2.24) is 4.90 Å². The number of nitrogens with zero attached hydrogens (tertiary/aromatic N) is 1. The van der Waals surface area contributed by atoms with Crippen molar-refractivity contribution in [1.29, 1.82) is 0 Å². The second kappa shape index (κ2) is 6.49. The Morgan fingerprint density at radius 2 is 2.04 bits per heavy atom. The molecule has 0 bridgehead atoms. The van der Waals surface area contributed by atoms with E-state index in [1.54, 1.807) is 4.90 Å². The minimum Gasteiger partial charge on any atom is -0.494 e. The molecule has 1 amide bonds. The Kier molecular flexibility index (Phi) is 4.59. The third kappa shape index (κ3) is 3.67. The molecule has 0 aromatic heterocycles. The van der Waals surface area contributed by atoms with Gasteiger partial charge in [-0.25, -0.2) is 8.42 Å². The van der Waals surface area contributed by atoms with Gasteiger partial charge in [-0.15, -0.1) is 0 Å². The minimum absolute atomic E-state index is 0.00663. The summed E-state index contributed by atoms with van der Waals surface area (Å²) in [4.78, 5) is 14.3. The molecule has 2 aliphatic rings. The Morgan fingerprint density at radius 1 is 1.30 bits per heavy atom. The Bertz CT molecular complexity index is 670. The second-order valence-electron chi connectivity index (χ2n) is 5.89. The molecule has 0 N–H and O–H groups in total. The third-order valence-electron chi connectivity index (χ3n) is 4.25. The lowest BCUT2D eigenvalue weighted by Gasteiger charge is -2.36. The van der Waals surface area contributed by atoms with Gasteiger partial charge in [0.05, 0.1) is 43.3 Å². The highest BCUT2D eigenvalue weighted by Gasteiger charge is 2.45. The zero-order valence-corrected chi connectivity index (χ0v) is 13.9. The van der Waals surface area contributed by atoms with Gasteiger partial charge < -0.3 is 14.4 Å². The number of carbonyl (C=O) groups is 1. The number of rotatable bonds is 4. The van der Waals surface area contributed by atoms with Gasteiger partial charge in [0.15, 0.2) is 9.84 Å². The number of carbonyl (C=O) groups excluding carboxylic acids is 1. The lowest BCUT2D eigenvalue weighted by molar-refractivity contribution is -0.142. The van der Waals surface area contributed by atoms with Crippen molar-refractivity contribution in [2.75, 3.05) is 31.3 Å². The lowest BCUT2D eigenvalue weighted by atomic mass is 10.1. The van der Waals surface area contributed by atoms with Crippen LogP contribution < -0.4 is 4.74 Å². The van der Waals surface area contributed by atoms with Crippen LogP contribution >= 0.6 is 0 Å². The molecular formula is C16H21NO5S. The molecule has 23 heavy (non-hydrogen) atoms. The van der Waals surface area contributed by atoms with Gasteiger partial charge in [0.1, 0.15) is 5.75 Å². The van der Waals surface area contributed by atoms with E-state index in [0.717, 1.165) is 11.3 Å². The SMILES string of the molecule is CCOc1ccc(CC(=O)N2CCOC3CS(=O)(=O)CC32)cc1. The van der Waals surface area contributed by atoms with E-state index in [9.17, 15) is 13.2 Å². The van der Waals surface area contributed by atoms with Gasteiger partial charge in [0.25, 0.3) is 0 Å². The van der Waals surface area contributed by atoms with E-state index in [1.807, 2.05) is 31.2 Å². The topological polar surface area (TPSA) is 72.9 Å². The summed E-state index contributed by atoms with van der Waals surface area (Å²) in [6, 6.07) is 7.07. The Balaban J connectivity index is 1.67. The molecule has 2 unspecified atom stereocenters. The number of benzene rings is 1. The molecule has 0 spiro atoms. The van der Waals surface area contributed by atoms with Gasteiger partial charge in [-0.05, 0) is 24.6 Å². The molecule has 0 saturated carbocycles. The Hall–Kier alpha value is -1.60. The summed E-state index contributed by atoms with van der Waals surface area (Å²) >= 11 is 0. The average Bonchev–Trinajstić information content (AvgIpc) is 2.83. The number of hydrogen-bond acceptors (Lipinski definition) is 5. The standard InChI is InChI=1S/C16H21NO5S/c1-2-21-13-5-3-12(4-6-13)9-16(18)17-7-8-22-15-11-23(19,20)10-14(15)17/h3-6,14-15H,2,7-11H2,1H3. The minimum atomic E-state index is -3.12. The monoisotopic (exact) mass is 339 g/mol. The summed E-state index contributed by atoms with van der Waals surface area (Å²) in [6.45, 7) is 3.36. The fourth-order valence-corrected chi connectivity index (χ4v) is 5.04. The highest BCUT2D eigenvalue weighted by molar-refractivity contribution is 7.91. The first-order chi connectivity index (χ1) is 11.0. The molecular weight excluding hydrogens is 318 g/mol. The molecule has 2 heterocycles. The van der Waals surface area contributed by atoms with Crippen molar-refractivity contribution in [3.63, 3.8) is 0 Å². The van der Waals surface area contributed by atoms with E-state index >= 15 is 0 Å². The van der Waals surface area contributed by atoms with Crippen LogP contribution in [0.2, 0.25) is 0 Å². The highest BCUT2D eigenvalue weighted by Crippen LogP contribution is 2.25. The van der Waals surface area contributed by atoms with Crippen LogP contribution in [0.25, 0.3) is 0 Å². The average molecular weight is 339 g/mol. The number of sulfone groups is 1. The molecule has 7 heteroatoms. The highest BCUT2D eigenvalue weighted by atomic mass is 32.2. The summed E-state index contributed by atoms with van der Waals surface area (Å²) in [5, 5.41) is 0. The largest absolute Gasteiger partial charge is 0.494 e. The van der Waals surface area contributed by atoms with E-state index in [2.05, 4.69) is 0 Å². The maximum atomic E-state index is 12.6. The quantitative estimate of drug-likeness (QED) is 0.805. The van der Waals surface area contributed by atoms with E-state index in [-0.39, 0.29) is 36.0 Å². The summed E-state index contributed by atoms with van der Waals surface area (Å²) in [7, 11) is -3.12. The fourth-order valence-electron chi connectivity index (χ4n) is 3.17. The first-order valence-corrected chi connectivity index (χ1v) is 9.64. The summed E-state index contributed by atoms with van der Waals surface area (Å²) < 4.78 is 34.5. The first kappa shape index (κ1) is 16.3.